The van der Waals surface area contributed by atoms with Gasteiger partial charge in [0, 0.05) is 24.6 Å². The third-order valence-electron chi connectivity index (χ3n) is 6.19. The number of hydrogen-bond acceptors (Lipinski definition) is 5. The van der Waals surface area contributed by atoms with Crippen LogP contribution in [0.4, 0.5) is 0 Å². The summed E-state index contributed by atoms with van der Waals surface area (Å²) in [7, 11) is -2.25. The number of likely N-dealkylation sites (tertiary alicyclic amines) is 1. The number of nitrogens with one attached hydrogen (secondary N) is 1. The Hall–Kier alpha value is -2.71. The van der Waals surface area contributed by atoms with Gasteiger partial charge in [-0.05, 0) is 68.5 Å². The molecule has 0 aromatic heterocycles. The van der Waals surface area contributed by atoms with Gasteiger partial charge in [-0.3, -0.25) is 9.59 Å². The zero-order chi connectivity index (χ0) is 24.9. The smallest absolute Gasteiger partial charge is 0.241 e. The summed E-state index contributed by atoms with van der Waals surface area (Å²) in [5.74, 6) is 0.489. The van der Waals surface area contributed by atoms with Crippen molar-refractivity contribution in [2.75, 3.05) is 20.2 Å². The summed E-state index contributed by atoms with van der Waals surface area (Å²) in [5, 5.41) is 0. The molecule has 0 saturated carbocycles. The minimum atomic E-state index is -3.83. The Morgan fingerprint density at radius 3 is 2.15 bits per heavy atom. The highest BCUT2D eigenvalue weighted by Crippen LogP contribution is 2.24. The molecule has 1 amide bonds. The first-order valence-electron chi connectivity index (χ1n) is 11.7. The average Bonchev–Trinajstić information content (AvgIpc) is 2.82. The maximum absolute atomic E-state index is 13.3. The summed E-state index contributed by atoms with van der Waals surface area (Å²) >= 11 is 0. The SMILES string of the molecule is COc1ccc(C(=O)C2CCN(C(=O)C(CC(C)C)NS(=O)(=O)c3ccc(C)cc3)CC2)cc1. The standard InChI is InChI=1S/C26H34N2O5S/c1-18(2)17-24(27-34(31,32)23-11-5-19(3)6-12-23)26(30)28-15-13-21(14-16-28)25(29)20-7-9-22(33-4)10-8-20/h5-12,18,21,24,27H,13-17H2,1-4H3. The van der Waals surface area contributed by atoms with Crippen LogP contribution in [0.25, 0.3) is 0 Å². The predicted octanol–water partition coefficient (Wildman–Crippen LogP) is 3.82. The van der Waals surface area contributed by atoms with Gasteiger partial charge in [-0.25, -0.2) is 8.42 Å². The lowest BCUT2D eigenvalue weighted by Gasteiger charge is -2.34. The van der Waals surface area contributed by atoms with Gasteiger partial charge in [-0.2, -0.15) is 4.72 Å². The molecule has 1 N–H and O–H groups in total. The van der Waals surface area contributed by atoms with Crippen molar-refractivity contribution in [3.63, 3.8) is 0 Å². The largest absolute Gasteiger partial charge is 0.497 e. The molecule has 0 bridgehead atoms. The summed E-state index contributed by atoms with van der Waals surface area (Å²) in [4.78, 5) is 28.0. The normalized spacial score (nSPS) is 15.9. The second-order valence-corrected chi connectivity index (χ2v) is 11.0. The lowest BCUT2D eigenvalue weighted by molar-refractivity contribution is -0.134. The van der Waals surface area contributed by atoms with E-state index in [1.54, 1.807) is 60.5 Å². The Morgan fingerprint density at radius 2 is 1.62 bits per heavy atom. The summed E-state index contributed by atoms with van der Waals surface area (Å²) in [6.45, 7) is 6.65. The van der Waals surface area contributed by atoms with E-state index in [4.69, 9.17) is 4.74 Å². The molecule has 2 aromatic rings. The Bertz CT molecular complexity index is 1090. The fraction of sp³-hybridized carbons (Fsp3) is 0.462. The molecule has 0 aliphatic carbocycles. The number of ether oxygens (including phenoxy) is 1. The van der Waals surface area contributed by atoms with Gasteiger partial charge in [0.1, 0.15) is 11.8 Å². The summed E-state index contributed by atoms with van der Waals surface area (Å²) in [6.07, 6.45) is 1.50. The second-order valence-electron chi connectivity index (χ2n) is 9.31. The van der Waals surface area contributed by atoms with Gasteiger partial charge in [0.2, 0.25) is 15.9 Å². The number of aryl methyl sites for hydroxylation is 1. The molecule has 1 heterocycles. The van der Waals surface area contributed by atoms with Gasteiger partial charge >= 0.3 is 0 Å². The molecule has 1 aliphatic heterocycles. The first kappa shape index (κ1) is 25.9. The number of piperidine rings is 1. The fourth-order valence-electron chi connectivity index (χ4n) is 4.22. The van der Waals surface area contributed by atoms with Gasteiger partial charge in [-0.15, -0.1) is 0 Å². The van der Waals surface area contributed by atoms with Crippen molar-refractivity contribution in [1.29, 1.82) is 0 Å². The van der Waals surface area contributed by atoms with Crippen molar-refractivity contribution in [2.24, 2.45) is 11.8 Å². The van der Waals surface area contributed by atoms with Crippen LogP contribution in [0.3, 0.4) is 0 Å². The summed E-state index contributed by atoms with van der Waals surface area (Å²) < 4.78 is 33.6. The molecular formula is C26H34N2O5S. The number of amides is 1. The lowest BCUT2D eigenvalue weighted by atomic mass is 9.88. The van der Waals surface area contributed by atoms with E-state index in [9.17, 15) is 18.0 Å². The van der Waals surface area contributed by atoms with E-state index in [-0.39, 0.29) is 28.4 Å². The molecule has 1 aliphatic rings. The van der Waals surface area contributed by atoms with Crippen molar-refractivity contribution >= 4 is 21.7 Å². The molecule has 1 unspecified atom stereocenters. The average molecular weight is 487 g/mol. The van der Waals surface area contributed by atoms with Gasteiger partial charge in [0.15, 0.2) is 5.78 Å². The van der Waals surface area contributed by atoms with Crippen LogP contribution < -0.4 is 9.46 Å². The van der Waals surface area contributed by atoms with Crippen LogP contribution in [0.1, 0.15) is 49.0 Å². The maximum Gasteiger partial charge on any atom is 0.241 e. The molecule has 1 saturated heterocycles. The minimum Gasteiger partial charge on any atom is -0.497 e. The molecule has 2 aromatic carbocycles. The van der Waals surface area contributed by atoms with Crippen LogP contribution in [-0.4, -0.2) is 51.2 Å². The van der Waals surface area contributed by atoms with Crippen LogP contribution in [-0.2, 0) is 14.8 Å². The highest BCUT2D eigenvalue weighted by atomic mass is 32.2. The van der Waals surface area contributed by atoms with Gasteiger partial charge in [0.25, 0.3) is 0 Å². The molecule has 0 spiro atoms. The summed E-state index contributed by atoms with van der Waals surface area (Å²) in [6, 6.07) is 12.8. The third kappa shape index (κ3) is 6.45. The number of Topliss-reactive ketones (excluding diaryl/α,β-unsaturated/α-hetero) is 1. The van der Waals surface area contributed by atoms with Crippen LogP contribution in [0.15, 0.2) is 53.4 Å². The van der Waals surface area contributed by atoms with Crippen molar-refractivity contribution in [1.82, 2.24) is 9.62 Å². The number of methoxy groups -OCH3 is 1. The van der Waals surface area contributed by atoms with Crippen LogP contribution in [0.2, 0.25) is 0 Å². The lowest BCUT2D eigenvalue weighted by Crippen LogP contribution is -2.51. The number of rotatable bonds is 9. The van der Waals surface area contributed by atoms with E-state index in [0.29, 0.717) is 43.7 Å². The van der Waals surface area contributed by atoms with Crippen molar-refractivity contribution in [3.05, 3.63) is 59.7 Å². The molecular weight excluding hydrogens is 452 g/mol. The Labute approximate surface area is 202 Å². The maximum atomic E-state index is 13.3. The fourth-order valence-corrected chi connectivity index (χ4v) is 5.42. The van der Waals surface area contributed by atoms with Crippen molar-refractivity contribution in [3.8, 4) is 5.75 Å². The Morgan fingerprint density at radius 1 is 1.03 bits per heavy atom. The quantitative estimate of drug-likeness (QED) is 0.544. The number of sulfonamides is 1. The number of benzene rings is 2. The molecule has 184 valence electrons. The number of carbonyl (C=O) groups excluding carboxylic acids is 2. The van der Waals surface area contributed by atoms with Crippen molar-refractivity contribution < 1.29 is 22.7 Å². The number of hydrogen-bond donors (Lipinski definition) is 1. The van der Waals surface area contributed by atoms with E-state index in [0.717, 1.165) is 5.56 Å². The highest BCUT2D eigenvalue weighted by Gasteiger charge is 2.33. The number of carbonyl (C=O) groups is 2. The molecule has 34 heavy (non-hydrogen) atoms. The summed E-state index contributed by atoms with van der Waals surface area (Å²) in [5.41, 5.74) is 1.59. The van der Waals surface area contributed by atoms with Gasteiger partial charge in [0.05, 0.1) is 12.0 Å². The monoisotopic (exact) mass is 486 g/mol. The molecule has 1 fully saturated rings. The topological polar surface area (TPSA) is 92.8 Å². The van der Waals surface area contributed by atoms with E-state index in [1.165, 1.54) is 0 Å². The second kappa shape index (κ2) is 11.1. The van der Waals surface area contributed by atoms with E-state index in [1.807, 2.05) is 20.8 Å². The Balaban J connectivity index is 1.66. The number of nitrogens with zero attached hydrogens (tertiary/aromatic N) is 1. The molecule has 7 nitrogen and oxygen atoms in total. The minimum absolute atomic E-state index is 0.0635. The molecule has 1 atom stereocenters. The van der Waals surface area contributed by atoms with Crippen molar-refractivity contribution in [2.45, 2.75) is 51.0 Å². The van der Waals surface area contributed by atoms with Crippen LogP contribution in [0, 0.1) is 18.8 Å². The Kier molecular flexibility index (Phi) is 8.49. The van der Waals surface area contributed by atoms with E-state index in [2.05, 4.69) is 4.72 Å². The van der Waals surface area contributed by atoms with E-state index < -0.39 is 16.1 Å². The first-order valence-corrected chi connectivity index (χ1v) is 13.1. The van der Waals surface area contributed by atoms with Crippen LogP contribution >= 0.6 is 0 Å². The van der Waals surface area contributed by atoms with E-state index >= 15 is 0 Å². The zero-order valence-corrected chi connectivity index (χ0v) is 21.1. The molecule has 8 heteroatoms. The van der Waals surface area contributed by atoms with Gasteiger partial charge in [-0.1, -0.05) is 31.5 Å². The zero-order valence-electron chi connectivity index (χ0n) is 20.3. The van der Waals surface area contributed by atoms with Gasteiger partial charge < -0.3 is 9.64 Å². The molecule has 3 rings (SSSR count). The third-order valence-corrected chi connectivity index (χ3v) is 7.67. The molecule has 0 radical (unpaired) electrons. The predicted molar refractivity (Wildman–Crippen MR) is 131 cm³/mol. The highest BCUT2D eigenvalue weighted by molar-refractivity contribution is 7.89. The van der Waals surface area contributed by atoms with Crippen LogP contribution in [0.5, 0.6) is 5.75 Å². The first-order chi connectivity index (χ1) is 16.1. The number of ketones is 1.